The van der Waals surface area contributed by atoms with Gasteiger partial charge in [-0.05, 0) is 31.9 Å². The summed E-state index contributed by atoms with van der Waals surface area (Å²) in [6.07, 6.45) is 3.20. The molecule has 0 aliphatic carbocycles. The fraction of sp³-hybridized carbons (Fsp3) is 0.438. The summed E-state index contributed by atoms with van der Waals surface area (Å²) in [5.41, 5.74) is -0.339. The van der Waals surface area contributed by atoms with E-state index in [2.05, 4.69) is 15.5 Å². The summed E-state index contributed by atoms with van der Waals surface area (Å²) in [7, 11) is 0. The molecule has 0 bridgehead atoms. The van der Waals surface area contributed by atoms with Crippen LogP contribution in [0.2, 0.25) is 0 Å². The van der Waals surface area contributed by atoms with Gasteiger partial charge in [-0.2, -0.15) is 0 Å². The largest absolute Gasteiger partial charge is 0.386 e. The first-order chi connectivity index (χ1) is 11.1. The molecular formula is C16H20N4O3. The van der Waals surface area contributed by atoms with Gasteiger partial charge in [-0.3, -0.25) is 4.79 Å². The van der Waals surface area contributed by atoms with Gasteiger partial charge in [0.2, 0.25) is 5.76 Å². The maximum Gasteiger partial charge on any atom is 0.290 e. The highest BCUT2D eigenvalue weighted by Crippen LogP contribution is 2.24. The lowest BCUT2D eigenvalue weighted by molar-refractivity contribution is 0.0250. The number of piperidine rings is 1. The van der Waals surface area contributed by atoms with Crippen molar-refractivity contribution >= 4 is 11.7 Å². The molecule has 1 saturated heterocycles. The molecule has 0 saturated carbocycles. The highest BCUT2D eigenvalue weighted by atomic mass is 16.5. The van der Waals surface area contributed by atoms with Crippen molar-refractivity contribution in [3.05, 3.63) is 41.9 Å². The van der Waals surface area contributed by atoms with E-state index in [0.29, 0.717) is 18.7 Å². The Balaban J connectivity index is 1.61. The molecule has 0 aromatic carbocycles. The second-order valence-corrected chi connectivity index (χ2v) is 5.95. The van der Waals surface area contributed by atoms with Gasteiger partial charge in [0.05, 0.1) is 11.3 Å². The zero-order valence-electron chi connectivity index (χ0n) is 13.0. The monoisotopic (exact) mass is 316 g/mol. The highest BCUT2D eigenvalue weighted by Gasteiger charge is 2.34. The molecule has 7 heteroatoms. The smallest absolute Gasteiger partial charge is 0.290 e. The molecule has 0 spiro atoms. The molecule has 3 heterocycles. The number of carbonyl (C=O) groups excluding carboxylic acids is 1. The van der Waals surface area contributed by atoms with Crippen molar-refractivity contribution in [2.75, 3.05) is 24.5 Å². The molecule has 1 amide bonds. The lowest BCUT2D eigenvalue weighted by Gasteiger charge is -2.39. The minimum Gasteiger partial charge on any atom is -0.386 e. The van der Waals surface area contributed by atoms with Gasteiger partial charge in [-0.25, -0.2) is 4.98 Å². The van der Waals surface area contributed by atoms with Crippen LogP contribution in [0.25, 0.3) is 0 Å². The number of β-amino-alcohol motifs (C(OH)–C–C–N with tert-alkyl or cyclic N) is 1. The molecule has 7 nitrogen and oxygen atoms in total. The van der Waals surface area contributed by atoms with Gasteiger partial charge < -0.3 is 19.8 Å². The summed E-state index contributed by atoms with van der Waals surface area (Å²) in [5, 5.41) is 17.2. The number of rotatable bonds is 4. The van der Waals surface area contributed by atoms with Crippen LogP contribution in [0.5, 0.6) is 0 Å². The van der Waals surface area contributed by atoms with Crippen molar-refractivity contribution < 1.29 is 14.4 Å². The SMILES string of the molecule is Cc1cc(C(=O)NC[C@]2(O)CCCN(c3ccccn3)C2)on1. The number of hydrogen-bond donors (Lipinski definition) is 2. The van der Waals surface area contributed by atoms with E-state index in [-0.39, 0.29) is 18.2 Å². The van der Waals surface area contributed by atoms with Gasteiger partial charge in [0.1, 0.15) is 5.82 Å². The standard InChI is InChI=1S/C16H20N4O3/c1-12-9-13(23-19-12)15(21)18-10-16(22)6-4-8-20(11-16)14-5-2-3-7-17-14/h2-3,5,7,9,22H,4,6,8,10-11H2,1H3,(H,18,21)/t16-/m1/s1. The summed E-state index contributed by atoms with van der Waals surface area (Å²) in [6, 6.07) is 7.27. The lowest BCUT2D eigenvalue weighted by Crippen LogP contribution is -2.54. The van der Waals surface area contributed by atoms with Crippen LogP contribution < -0.4 is 10.2 Å². The van der Waals surface area contributed by atoms with E-state index in [0.717, 1.165) is 18.8 Å². The maximum atomic E-state index is 12.0. The van der Waals surface area contributed by atoms with Crippen molar-refractivity contribution in [1.82, 2.24) is 15.5 Å². The van der Waals surface area contributed by atoms with Gasteiger partial charge in [0.15, 0.2) is 0 Å². The van der Waals surface area contributed by atoms with Crippen molar-refractivity contribution in [3.63, 3.8) is 0 Å². The summed E-state index contributed by atoms with van der Waals surface area (Å²) in [6.45, 7) is 3.18. The Labute approximate surface area is 134 Å². The molecule has 2 aromatic heterocycles. The Morgan fingerprint density at radius 2 is 2.39 bits per heavy atom. The number of nitrogens with one attached hydrogen (secondary N) is 1. The zero-order valence-corrected chi connectivity index (χ0v) is 13.0. The molecule has 1 atom stereocenters. The fourth-order valence-corrected chi connectivity index (χ4v) is 2.80. The zero-order chi connectivity index (χ0) is 16.3. The fourth-order valence-electron chi connectivity index (χ4n) is 2.80. The van der Waals surface area contributed by atoms with E-state index < -0.39 is 5.60 Å². The first-order valence-corrected chi connectivity index (χ1v) is 7.66. The molecule has 1 fully saturated rings. The third-order valence-corrected chi connectivity index (χ3v) is 3.96. The van der Waals surface area contributed by atoms with Crippen molar-refractivity contribution in [1.29, 1.82) is 0 Å². The summed E-state index contributed by atoms with van der Waals surface area (Å²) in [5.74, 6) is 0.625. The molecule has 3 rings (SSSR count). The number of hydrogen-bond acceptors (Lipinski definition) is 6. The van der Waals surface area contributed by atoms with E-state index in [4.69, 9.17) is 4.52 Å². The van der Waals surface area contributed by atoms with Crippen LogP contribution >= 0.6 is 0 Å². The number of pyridine rings is 1. The molecule has 0 unspecified atom stereocenters. The van der Waals surface area contributed by atoms with Crippen LogP contribution in [0.15, 0.2) is 35.0 Å². The maximum absolute atomic E-state index is 12.0. The molecule has 1 aliphatic rings. The third kappa shape index (κ3) is 3.68. The first-order valence-electron chi connectivity index (χ1n) is 7.66. The minimum atomic E-state index is -0.986. The number of aliphatic hydroxyl groups is 1. The Morgan fingerprint density at radius 3 is 3.09 bits per heavy atom. The van der Waals surface area contributed by atoms with Gasteiger partial charge in [0, 0.05) is 31.9 Å². The normalized spacial score (nSPS) is 21.2. The predicted octanol–water partition coefficient (Wildman–Crippen LogP) is 1.14. The van der Waals surface area contributed by atoms with Crippen LogP contribution in [-0.2, 0) is 0 Å². The topological polar surface area (TPSA) is 91.5 Å². The van der Waals surface area contributed by atoms with Crippen molar-refractivity contribution in [3.8, 4) is 0 Å². The second kappa shape index (κ2) is 6.37. The summed E-state index contributed by atoms with van der Waals surface area (Å²) < 4.78 is 4.93. The molecule has 2 N–H and O–H groups in total. The van der Waals surface area contributed by atoms with Gasteiger partial charge in [0.25, 0.3) is 5.91 Å². The van der Waals surface area contributed by atoms with Crippen LogP contribution in [0.4, 0.5) is 5.82 Å². The molecule has 23 heavy (non-hydrogen) atoms. The highest BCUT2D eigenvalue weighted by molar-refractivity contribution is 5.91. The van der Waals surface area contributed by atoms with Gasteiger partial charge in [-0.15, -0.1) is 0 Å². The number of amides is 1. The van der Waals surface area contributed by atoms with Gasteiger partial charge >= 0.3 is 0 Å². The minimum absolute atomic E-state index is 0.156. The van der Waals surface area contributed by atoms with Crippen LogP contribution in [-0.4, -0.2) is 46.4 Å². The number of aryl methyl sites for hydroxylation is 1. The second-order valence-electron chi connectivity index (χ2n) is 5.95. The third-order valence-electron chi connectivity index (χ3n) is 3.96. The Kier molecular flexibility index (Phi) is 4.29. The number of aromatic nitrogens is 2. The molecule has 2 aromatic rings. The lowest BCUT2D eigenvalue weighted by atomic mass is 9.92. The van der Waals surface area contributed by atoms with E-state index in [1.807, 2.05) is 23.1 Å². The van der Waals surface area contributed by atoms with E-state index in [9.17, 15) is 9.90 Å². The Hall–Kier alpha value is -2.41. The van der Waals surface area contributed by atoms with E-state index >= 15 is 0 Å². The average Bonchev–Trinajstić information content (AvgIpc) is 3.00. The predicted molar refractivity (Wildman–Crippen MR) is 84.2 cm³/mol. The van der Waals surface area contributed by atoms with Crippen LogP contribution in [0.1, 0.15) is 29.1 Å². The van der Waals surface area contributed by atoms with Gasteiger partial charge in [-0.1, -0.05) is 11.2 Å². The number of nitrogens with zero attached hydrogens (tertiary/aromatic N) is 3. The first kappa shape index (κ1) is 15.5. The van der Waals surface area contributed by atoms with Crippen LogP contribution in [0, 0.1) is 6.92 Å². The van der Waals surface area contributed by atoms with Crippen LogP contribution in [0.3, 0.4) is 0 Å². The van der Waals surface area contributed by atoms with Crippen molar-refractivity contribution in [2.45, 2.75) is 25.4 Å². The number of anilines is 1. The Bertz CT molecular complexity index is 673. The molecular weight excluding hydrogens is 296 g/mol. The average molecular weight is 316 g/mol. The summed E-state index contributed by atoms with van der Waals surface area (Å²) in [4.78, 5) is 18.4. The summed E-state index contributed by atoms with van der Waals surface area (Å²) >= 11 is 0. The quantitative estimate of drug-likeness (QED) is 0.879. The number of carbonyl (C=O) groups is 1. The molecule has 0 radical (unpaired) electrons. The van der Waals surface area contributed by atoms with E-state index in [1.165, 1.54) is 0 Å². The van der Waals surface area contributed by atoms with E-state index in [1.54, 1.807) is 19.2 Å². The Morgan fingerprint density at radius 1 is 1.52 bits per heavy atom. The molecule has 122 valence electrons. The van der Waals surface area contributed by atoms with Crippen molar-refractivity contribution in [2.24, 2.45) is 0 Å². The molecule has 1 aliphatic heterocycles.